The van der Waals surface area contributed by atoms with Gasteiger partial charge in [0.1, 0.15) is 6.23 Å². The molecule has 0 amide bonds. The van der Waals surface area contributed by atoms with Gasteiger partial charge < -0.3 is 24.8 Å². The van der Waals surface area contributed by atoms with Crippen LogP contribution in [0.4, 0.5) is 5.95 Å². The maximum atomic E-state index is 11.9. The van der Waals surface area contributed by atoms with Crippen molar-refractivity contribution in [2.75, 3.05) is 19.0 Å². The smallest absolute Gasteiger partial charge is 0.325 e. The van der Waals surface area contributed by atoms with Crippen LogP contribution < -0.4 is 16.4 Å². The Hall–Kier alpha value is -1.59. The Morgan fingerprint density at radius 2 is 2.38 bits per heavy atom. The SMILES string of the molecule is CP(=O)(O)OC[C@H]1O[C@@H](n2cnc3c(=O)[nH]c(N)nc32)C[C@@H]1N[PH](=O)O. The highest BCUT2D eigenvalue weighted by Crippen LogP contribution is 2.39. The van der Waals surface area contributed by atoms with Crippen LogP contribution in [0.3, 0.4) is 0 Å². The molecular formula is C11H18N6O7P2. The summed E-state index contributed by atoms with van der Waals surface area (Å²) < 4.78 is 34.6. The number of nitrogens with one attached hydrogen (secondary N) is 2. The standard InChI is InChI=1S/C11H18N6O7P2/c1-26(21,22)23-3-6-5(16-25(19)20)2-7(24-6)17-4-13-8-9(17)14-11(12)15-10(8)18/h4-7,25H,2-3H2,1H3,(H,21,22)(H2,16,19,20)(H3,12,14,15,18)/t5-,6+,7+/m0/s1. The highest BCUT2D eigenvalue weighted by Gasteiger charge is 2.38. The third-order valence-electron chi connectivity index (χ3n) is 3.78. The molecule has 0 saturated carbocycles. The number of hydrogen-bond acceptors (Lipinski definition) is 8. The topological polar surface area (TPSA) is 195 Å². The first kappa shape index (κ1) is 19.2. The van der Waals surface area contributed by atoms with Crippen LogP contribution >= 0.6 is 15.8 Å². The van der Waals surface area contributed by atoms with Gasteiger partial charge in [-0.15, -0.1) is 0 Å². The third-order valence-corrected chi connectivity index (χ3v) is 5.03. The Bertz CT molecular complexity index is 939. The summed E-state index contributed by atoms with van der Waals surface area (Å²) in [4.78, 5) is 40.6. The minimum absolute atomic E-state index is 0.0659. The Balaban J connectivity index is 1.88. The van der Waals surface area contributed by atoms with Crippen molar-refractivity contribution < 1.29 is 28.2 Å². The van der Waals surface area contributed by atoms with E-state index in [-0.39, 0.29) is 30.1 Å². The van der Waals surface area contributed by atoms with Crippen LogP contribution in [0.1, 0.15) is 12.6 Å². The predicted octanol–water partition coefficient (Wildman–Crippen LogP) is -0.839. The first-order valence-electron chi connectivity index (χ1n) is 7.46. The van der Waals surface area contributed by atoms with Crippen LogP contribution in [0, 0.1) is 0 Å². The van der Waals surface area contributed by atoms with Gasteiger partial charge in [-0.1, -0.05) is 0 Å². The van der Waals surface area contributed by atoms with E-state index in [1.165, 1.54) is 10.9 Å². The van der Waals surface area contributed by atoms with Gasteiger partial charge in [0.15, 0.2) is 11.2 Å². The molecule has 2 aromatic rings. The summed E-state index contributed by atoms with van der Waals surface area (Å²) in [6, 6.07) is -0.625. The minimum atomic E-state index is -3.74. The van der Waals surface area contributed by atoms with Crippen LogP contribution in [0.5, 0.6) is 0 Å². The summed E-state index contributed by atoms with van der Waals surface area (Å²) in [5, 5.41) is 2.47. The molecule has 144 valence electrons. The fraction of sp³-hybridized carbons (Fsp3) is 0.545. The van der Waals surface area contributed by atoms with Crippen molar-refractivity contribution in [1.29, 1.82) is 0 Å². The lowest BCUT2D eigenvalue weighted by Gasteiger charge is -2.19. The van der Waals surface area contributed by atoms with Crippen LogP contribution in [0.25, 0.3) is 11.2 Å². The number of ether oxygens (including phenoxy) is 1. The second-order valence-electron chi connectivity index (χ2n) is 5.79. The Morgan fingerprint density at radius 1 is 1.65 bits per heavy atom. The van der Waals surface area contributed by atoms with E-state index in [1.807, 2.05) is 0 Å². The summed E-state index contributed by atoms with van der Waals surface area (Å²) in [6.07, 6.45) is 0.0785. The second-order valence-corrected chi connectivity index (χ2v) is 8.56. The lowest BCUT2D eigenvalue weighted by molar-refractivity contribution is -0.0207. The summed E-state index contributed by atoms with van der Waals surface area (Å²) in [5.74, 6) is -0.0931. The van der Waals surface area contributed by atoms with E-state index < -0.39 is 39.7 Å². The molecule has 0 spiro atoms. The highest BCUT2D eigenvalue weighted by molar-refractivity contribution is 7.51. The van der Waals surface area contributed by atoms with E-state index >= 15 is 0 Å². The molecule has 2 aromatic heterocycles. The molecule has 0 aliphatic carbocycles. The summed E-state index contributed by atoms with van der Waals surface area (Å²) in [6.45, 7) is 0.759. The monoisotopic (exact) mass is 408 g/mol. The van der Waals surface area contributed by atoms with E-state index in [9.17, 15) is 18.8 Å². The molecule has 1 fully saturated rings. The van der Waals surface area contributed by atoms with Gasteiger partial charge in [-0.25, -0.2) is 10.1 Å². The number of H-pyrrole nitrogens is 1. The molecule has 3 heterocycles. The quantitative estimate of drug-likeness (QED) is 0.374. The van der Waals surface area contributed by atoms with Gasteiger partial charge in [0, 0.05) is 19.1 Å². The van der Waals surface area contributed by atoms with Crippen molar-refractivity contribution in [3.63, 3.8) is 0 Å². The number of aromatic amines is 1. The molecule has 15 heteroatoms. The fourth-order valence-corrected chi connectivity index (χ4v) is 3.78. The number of anilines is 1. The van der Waals surface area contributed by atoms with Gasteiger partial charge in [-0.2, -0.15) is 4.98 Å². The number of nitrogen functional groups attached to an aromatic ring is 1. The van der Waals surface area contributed by atoms with Gasteiger partial charge in [0.25, 0.3) is 13.7 Å². The second kappa shape index (κ2) is 7.20. The third kappa shape index (κ3) is 4.21. The zero-order chi connectivity index (χ0) is 19.1. The summed E-state index contributed by atoms with van der Waals surface area (Å²) >= 11 is 0. The molecule has 0 radical (unpaired) electrons. The first-order chi connectivity index (χ1) is 12.1. The maximum absolute atomic E-state index is 11.9. The molecule has 3 rings (SSSR count). The normalized spacial score (nSPS) is 26.8. The number of nitrogens with zero attached hydrogens (tertiary/aromatic N) is 3. The van der Waals surface area contributed by atoms with Gasteiger partial charge in [0.05, 0.1) is 19.0 Å². The molecule has 26 heavy (non-hydrogen) atoms. The molecule has 5 atom stereocenters. The molecule has 13 nitrogen and oxygen atoms in total. The molecule has 6 N–H and O–H groups in total. The highest BCUT2D eigenvalue weighted by atomic mass is 31.2. The van der Waals surface area contributed by atoms with Crippen molar-refractivity contribution in [3.8, 4) is 0 Å². The number of nitrogens with two attached hydrogens (primary N) is 1. The first-order valence-corrected chi connectivity index (χ1v) is 10.8. The molecular weight excluding hydrogens is 390 g/mol. The van der Waals surface area contributed by atoms with Crippen molar-refractivity contribution >= 4 is 32.9 Å². The average Bonchev–Trinajstić information content (AvgIpc) is 3.07. The lowest BCUT2D eigenvalue weighted by atomic mass is 10.1. The zero-order valence-electron chi connectivity index (χ0n) is 13.5. The lowest BCUT2D eigenvalue weighted by Crippen LogP contribution is -2.35. The molecule has 1 aliphatic heterocycles. The van der Waals surface area contributed by atoms with E-state index in [2.05, 4.69) is 20.0 Å². The van der Waals surface area contributed by atoms with Crippen LogP contribution in [-0.2, 0) is 18.4 Å². The number of imidazole rings is 1. The van der Waals surface area contributed by atoms with Crippen LogP contribution in [0.15, 0.2) is 11.1 Å². The Labute approximate surface area is 147 Å². The van der Waals surface area contributed by atoms with E-state index in [0.717, 1.165) is 6.66 Å². The Morgan fingerprint density at radius 3 is 3.04 bits per heavy atom. The molecule has 2 unspecified atom stereocenters. The molecule has 0 bridgehead atoms. The van der Waals surface area contributed by atoms with Crippen molar-refractivity contribution in [2.24, 2.45) is 0 Å². The van der Waals surface area contributed by atoms with Crippen LogP contribution in [-0.4, -0.2) is 54.7 Å². The van der Waals surface area contributed by atoms with E-state index in [1.54, 1.807) is 0 Å². The van der Waals surface area contributed by atoms with Gasteiger partial charge in [0.2, 0.25) is 5.95 Å². The number of aromatic nitrogens is 4. The van der Waals surface area contributed by atoms with Crippen LogP contribution in [0.2, 0.25) is 0 Å². The summed E-state index contributed by atoms with van der Waals surface area (Å²) in [7, 11) is -6.78. The van der Waals surface area contributed by atoms with Gasteiger partial charge in [-0.05, 0) is 0 Å². The van der Waals surface area contributed by atoms with Crippen molar-refractivity contribution in [3.05, 3.63) is 16.7 Å². The van der Waals surface area contributed by atoms with Crippen molar-refractivity contribution in [1.82, 2.24) is 24.6 Å². The van der Waals surface area contributed by atoms with E-state index in [0.29, 0.717) is 0 Å². The number of rotatable bonds is 6. The maximum Gasteiger partial charge on any atom is 0.325 e. The fourth-order valence-electron chi connectivity index (χ4n) is 2.73. The zero-order valence-corrected chi connectivity index (χ0v) is 15.4. The minimum Gasteiger partial charge on any atom is -0.369 e. The van der Waals surface area contributed by atoms with Gasteiger partial charge >= 0.3 is 7.60 Å². The number of hydrogen-bond donors (Lipinski definition) is 5. The molecule has 1 aliphatic rings. The van der Waals surface area contributed by atoms with E-state index in [4.69, 9.17) is 19.9 Å². The largest absolute Gasteiger partial charge is 0.369 e. The predicted molar refractivity (Wildman–Crippen MR) is 90.9 cm³/mol. The average molecular weight is 408 g/mol. The summed E-state index contributed by atoms with van der Waals surface area (Å²) in [5.41, 5.74) is 5.31. The number of fused-ring (bicyclic) bond motifs is 1. The van der Waals surface area contributed by atoms with Gasteiger partial charge in [-0.3, -0.25) is 23.5 Å². The van der Waals surface area contributed by atoms with Crippen molar-refractivity contribution in [2.45, 2.75) is 24.8 Å². The Kier molecular flexibility index (Phi) is 5.31. The molecule has 1 saturated heterocycles. The molecule has 0 aromatic carbocycles.